The molecule has 7 rings (SSSR count). The van der Waals surface area contributed by atoms with Crippen molar-refractivity contribution in [1.29, 1.82) is 0 Å². The lowest BCUT2D eigenvalue weighted by Crippen LogP contribution is -2.62. The fourth-order valence-electron chi connectivity index (χ4n) is 7.54. The van der Waals surface area contributed by atoms with Gasteiger partial charge in [-0.25, -0.2) is 0 Å². The van der Waals surface area contributed by atoms with Gasteiger partial charge in [0.1, 0.15) is 40.3 Å². The largest absolute Gasteiger partial charge is 0.507 e. The van der Waals surface area contributed by atoms with Gasteiger partial charge in [-0.15, -0.1) is 0 Å². The number of aliphatic hydroxyl groups is 1. The van der Waals surface area contributed by atoms with E-state index in [9.17, 15) is 24.6 Å². The van der Waals surface area contributed by atoms with Gasteiger partial charge in [0.15, 0.2) is 11.6 Å². The number of carbonyl (C=O) groups excluding carboxylic acids is 3. The molecule has 0 amide bonds. The Morgan fingerprint density at radius 2 is 1.48 bits per heavy atom. The number of fused-ring (bicyclic) bond motifs is 4. The Kier molecular flexibility index (Phi) is 5.54. The number of hydrogen-bond donors (Lipinski definition) is 2. The van der Waals surface area contributed by atoms with Crippen LogP contribution >= 0.6 is 0 Å². The van der Waals surface area contributed by atoms with Crippen molar-refractivity contribution in [2.24, 2.45) is 5.92 Å². The second-order valence-electron chi connectivity index (χ2n) is 11.0. The van der Waals surface area contributed by atoms with Gasteiger partial charge in [-0.1, -0.05) is 0 Å². The molecule has 1 fully saturated rings. The van der Waals surface area contributed by atoms with Crippen LogP contribution in [0.3, 0.4) is 0 Å². The maximum Gasteiger partial charge on any atom is 0.212 e. The zero-order valence-corrected chi connectivity index (χ0v) is 23.5. The third-order valence-corrected chi connectivity index (χ3v) is 9.29. The summed E-state index contributed by atoms with van der Waals surface area (Å²) >= 11 is 0. The number of rotatable bonds is 4. The van der Waals surface area contributed by atoms with Gasteiger partial charge in [-0.2, -0.15) is 0 Å². The monoisotopic (exact) mass is 572 g/mol. The second kappa shape index (κ2) is 8.88. The van der Waals surface area contributed by atoms with Crippen molar-refractivity contribution >= 4 is 33.9 Å². The van der Waals surface area contributed by atoms with Gasteiger partial charge in [0.25, 0.3) is 0 Å². The van der Waals surface area contributed by atoms with E-state index in [1.165, 1.54) is 40.6 Å². The van der Waals surface area contributed by atoms with Crippen LogP contribution in [0.15, 0.2) is 29.8 Å². The van der Waals surface area contributed by atoms with Gasteiger partial charge in [-0.05, 0) is 30.9 Å². The van der Waals surface area contributed by atoms with Gasteiger partial charge >= 0.3 is 0 Å². The lowest BCUT2D eigenvalue weighted by atomic mass is 9.56. The molecule has 3 aliphatic carbocycles. The van der Waals surface area contributed by atoms with Crippen molar-refractivity contribution in [3.8, 4) is 34.5 Å². The number of benzene rings is 3. The molecule has 0 unspecified atom stereocenters. The highest BCUT2D eigenvalue weighted by molar-refractivity contribution is 6.22. The number of phenols is 1. The minimum absolute atomic E-state index is 0.0760. The highest BCUT2D eigenvalue weighted by Gasteiger charge is 2.65. The van der Waals surface area contributed by atoms with E-state index in [2.05, 4.69) is 0 Å². The van der Waals surface area contributed by atoms with Crippen LogP contribution < -0.4 is 23.7 Å². The summed E-state index contributed by atoms with van der Waals surface area (Å²) in [6.07, 6.45) is 0.874. The molecule has 42 heavy (non-hydrogen) atoms. The molecular formula is C32H28O10. The van der Waals surface area contributed by atoms with E-state index in [-0.39, 0.29) is 81.5 Å². The highest BCUT2D eigenvalue weighted by Crippen LogP contribution is 2.63. The molecule has 3 atom stereocenters. The summed E-state index contributed by atoms with van der Waals surface area (Å²) in [5, 5.41) is 23.9. The molecule has 1 spiro atoms. The fourth-order valence-corrected chi connectivity index (χ4v) is 7.54. The molecule has 0 bridgehead atoms. The van der Waals surface area contributed by atoms with Crippen LogP contribution in [-0.2, 0) is 4.79 Å². The Labute approximate surface area is 240 Å². The van der Waals surface area contributed by atoms with Crippen LogP contribution in [0.25, 0.3) is 16.5 Å². The van der Waals surface area contributed by atoms with Gasteiger partial charge in [0.05, 0.1) is 50.5 Å². The molecule has 4 aliphatic rings. The normalized spacial score (nSPS) is 23.9. The predicted molar refractivity (Wildman–Crippen MR) is 150 cm³/mol. The summed E-state index contributed by atoms with van der Waals surface area (Å²) < 4.78 is 28.8. The Morgan fingerprint density at radius 3 is 2.17 bits per heavy atom. The van der Waals surface area contributed by atoms with Crippen LogP contribution in [0.4, 0.5) is 0 Å². The van der Waals surface area contributed by atoms with Crippen molar-refractivity contribution in [1.82, 2.24) is 0 Å². The van der Waals surface area contributed by atoms with Crippen LogP contribution in [-0.4, -0.2) is 61.6 Å². The van der Waals surface area contributed by atoms with Crippen molar-refractivity contribution in [2.75, 3.05) is 28.4 Å². The average molecular weight is 573 g/mol. The maximum atomic E-state index is 14.8. The van der Waals surface area contributed by atoms with Gasteiger partial charge in [0, 0.05) is 47.4 Å². The number of methoxy groups -OCH3 is 4. The molecule has 3 aromatic carbocycles. The van der Waals surface area contributed by atoms with Crippen LogP contribution in [0, 0.1) is 5.92 Å². The Hall–Kier alpha value is -4.73. The zero-order valence-electron chi connectivity index (χ0n) is 23.5. The number of Topliss-reactive ketones (excluding diaryl/α,β-unsaturated/α-hetero) is 3. The number of ether oxygens (including phenoxy) is 5. The number of aromatic hydroxyl groups is 1. The Balaban J connectivity index is 1.61. The molecule has 1 saturated carbocycles. The number of ketones is 3. The number of hydrogen-bond acceptors (Lipinski definition) is 10. The van der Waals surface area contributed by atoms with Crippen molar-refractivity contribution in [2.45, 2.75) is 37.2 Å². The van der Waals surface area contributed by atoms with E-state index in [1.807, 2.05) is 0 Å². The lowest BCUT2D eigenvalue weighted by molar-refractivity contribution is -0.121. The van der Waals surface area contributed by atoms with E-state index >= 15 is 0 Å². The van der Waals surface area contributed by atoms with Gasteiger partial charge in [0.2, 0.25) is 11.4 Å². The molecule has 2 N–H and O–H groups in total. The summed E-state index contributed by atoms with van der Waals surface area (Å²) in [7, 11) is 5.77. The SMILES string of the molecule is COc1cc(OC)c2c(c1)C(=O)[C@@]13Oc4c5c(c(O)c6c(OC)cc(OC)cc46)C(=O)CC[C@H]5[C@@H]1CCC(=O)C3=C2O. The van der Waals surface area contributed by atoms with Gasteiger partial charge in [-0.3, -0.25) is 14.4 Å². The van der Waals surface area contributed by atoms with Crippen LogP contribution in [0.1, 0.15) is 63.4 Å². The number of aliphatic hydroxyl groups excluding tert-OH is 1. The van der Waals surface area contributed by atoms with Crippen molar-refractivity contribution in [3.05, 3.63) is 52.1 Å². The first-order chi connectivity index (χ1) is 20.2. The predicted octanol–water partition coefficient (Wildman–Crippen LogP) is 4.92. The Morgan fingerprint density at radius 1 is 0.810 bits per heavy atom. The third-order valence-electron chi connectivity index (χ3n) is 9.29. The van der Waals surface area contributed by atoms with Crippen molar-refractivity contribution < 1.29 is 48.3 Å². The fraction of sp³-hybridized carbons (Fsp3) is 0.344. The molecule has 216 valence electrons. The molecule has 1 aliphatic heterocycles. The van der Waals surface area contributed by atoms with E-state index in [4.69, 9.17) is 23.7 Å². The molecule has 0 aromatic heterocycles. The van der Waals surface area contributed by atoms with Crippen LogP contribution in [0.2, 0.25) is 0 Å². The van der Waals surface area contributed by atoms with Gasteiger partial charge < -0.3 is 33.9 Å². The minimum Gasteiger partial charge on any atom is -0.507 e. The summed E-state index contributed by atoms with van der Waals surface area (Å²) in [5.74, 6) is -1.49. The maximum absolute atomic E-state index is 14.8. The zero-order chi connectivity index (χ0) is 29.7. The first-order valence-corrected chi connectivity index (χ1v) is 13.7. The molecule has 10 nitrogen and oxygen atoms in total. The van der Waals surface area contributed by atoms with E-state index in [0.29, 0.717) is 28.9 Å². The van der Waals surface area contributed by atoms with Crippen LogP contribution in [0.5, 0.6) is 34.5 Å². The lowest BCUT2D eigenvalue weighted by Gasteiger charge is -2.53. The molecular weight excluding hydrogens is 544 g/mol. The summed E-state index contributed by atoms with van der Waals surface area (Å²) in [6.45, 7) is 0. The average Bonchev–Trinajstić information content (AvgIpc) is 3.00. The molecule has 0 saturated heterocycles. The smallest absolute Gasteiger partial charge is 0.212 e. The summed E-state index contributed by atoms with van der Waals surface area (Å²) in [6, 6.07) is 6.27. The molecule has 1 heterocycles. The molecule has 0 radical (unpaired) electrons. The summed E-state index contributed by atoms with van der Waals surface area (Å²) in [5.41, 5.74) is -1.19. The minimum atomic E-state index is -1.89. The topological polar surface area (TPSA) is 138 Å². The van der Waals surface area contributed by atoms with E-state index < -0.39 is 29.0 Å². The highest BCUT2D eigenvalue weighted by atomic mass is 16.5. The molecule has 10 heteroatoms. The number of phenolic OH excluding ortho intramolecular Hbond substituents is 1. The van der Waals surface area contributed by atoms with E-state index in [0.717, 1.165) is 0 Å². The Bertz CT molecular complexity index is 1800. The molecule has 3 aromatic rings. The quantitative estimate of drug-likeness (QED) is 0.443. The second-order valence-corrected chi connectivity index (χ2v) is 11.0. The first-order valence-electron chi connectivity index (χ1n) is 13.7. The standard InChI is InChI=1S/C32H28O10/c1-38-13-9-16-23(21(11-13)40-3)28(35)26-19(33)7-5-15-18-6-8-20(34)27-29(36)24-17(10-14(39-2)12-22(24)41-4)31(37)32(18,27)42-30(16)25(15)26/h9-12,15,18,35-36H,5-8H2,1-4H3/t15-,18-,32+/m0/s1. The first kappa shape index (κ1) is 26.2. The van der Waals surface area contributed by atoms with Crippen molar-refractivity contribution in [3.63, 3.8) is 0 Å². The summed E-state index contributed by atoms with van der Waals surface area (Å²) in [4.78, 5) is 41.8. The van der Waals surface area contributed by atoms with E-state index in [1.54, 1.807) is 12.1 Å². The number of carbonyl (C=O) groups is 3. The third kappa shape index (κ3) is 3.06.